The number of aryl methyl sites for hydroxylation is 1. The Kier molecular flexibility index (Phi) is 4.59. The van der Waals surface area contributed by atoms with Crippen LogP contribution in [0.15, 0.2) is 28.7 Å². The molecule has 3 rings (SSSR count). The Morgan fingerprint density at radius 3 is 2.16 bits per heavy atom. The molecule has 1 aromatic heterocycles. The third-order valence-electron chi connectivity index (χ3n) is 5.28. The molecule has 0 amide bonds. The van der Waals surface area contributed by atoms with E-state index in [0.29, 0.717) is 17.5 Å². The van der Waals surface area contributed by atoms with Gasteiger partial charge in [0.2, 0.25) is 0 Å². The lowest BCUT2D eigenvalue weighted by Gasteiger charge is -2.12. The predicted molar refractivity (Wildman–Crippen MR) is 115 cm³/mol. The van der Waals surface area contributed by atoms with E-state index in [1.807, 2.05) is 31.2 Å². The first kappa shape index (κ1) is 17.5. The molecular formula is C18H20B4O3. The molecule has 0 atom stereocenters. The van der Waals surface area contributed by atoms with E-state index in [2.05, 4.69) is 31.4 Å². The molecule has 0 spiro atoms. The second-order valence-electron chi connectivity index (χ2n) is 6.52. The zero-order valence-corrected chi connectivity index (χ0v) is 15.7. The molecule has 0 fully saturated rings. The molecule has 2 aromatic carbocycles. The zero-order chi connectivity index (χ0) is 18.3. The molecule has 0 aliphatic carbocycles. The van der Waals surface area contributed by atoms with Gasteiger partial charge in [0.15, 0.2) is 5.78 Å². The highest BCUT2D eigenvalue weighted by Gasteiger charge is 2.24. The molecule has 0 radical (unpaired) electrons. The molecule has 0 saturated heterocycles. The Morgan fingerprint density at radius 1 is 1.00 bits per heavy atom. The van der Waals surface area contributed by atoms with Crippen molar-refractivity contribution in [1.82, 2.24) is 0 Å². The third-order valence-corrected chi connectivity index (χ3v) is 5.28. The third kappa shape index (κ3) is 2.72. The van der Waals surface area contributed by atoms with E-state index in [9.17, 15) is 4.79 Å². The van der Waals surface area contributed by atoms with Gasteiger partial charge in [0.25, 0.3) is 0 Å². The summed E-state index contributed by atoms with van der Waals surface area (Å²) in [5.41, 5.74) is 6.87. The van der Waals surface area contributed by atoms with Crippen LogP contribution < -0.4 is 26.6 Å². The van der Waals surface area contributed by atoms with Gasteiger partial charge in [0.05, 0.1) is 12.7 Å². The predicted octanol–water partition coefficient (Wildman–Crippen LogP) is -2.73. The quantitative estimate of drug-likeness (QED) is 0.386. The number of carbonyl (C=O) groups is 1. The topological polar surface area (TPSA) is 39.4 Å². The number of furan rings is 1. The summed E-state index contributed by atoms with van der Waals surface area (Å²) < 4.78 is 11.3. The standard InChI is InChI=1S/C18H20B4O3/c1-3-10-11(17(23)8-4-6-9(24-2)7-5-8)12-13(19)14(20)15(21)16(22)18(12)25-10/h4-7H,3,19-22H2,1-2H3. The van der Waals surface area contributed by atoms with Crippen molar-refractivity contribution < 1.29 is 13.9 Å². The van der Waals surface area contributed by atoms with Crippen molar-refractivity contribution in [2.24, 2.45) is 0 Å². The average Bonchev–Trinajstić information content (AvgIpc) is 3.04. The fourth-order valence-corrected chi connectivity index (χ4v) is 3.40. The SMILES string of the molecule is Bc1c(B)c(B)c2c(C(=O)c3ccc(OC)cc3)c(CC)oc2c1B. The number of hydrogen-bond acceptors (Lipinski definition) is 3. The number of benzene rings is 2. The first-order chi connectivity index (χ1) is 11.9. The monoisotopic (exact) mass is 328 g/mol. The number of rotatable bonds is 4. The number of fused-ring (bicyclic) bond motifs is 1. The van der Waals surface area contributed by atoms with E-state index < -0.39 is 0 Å². The van der Waals surface area contributed by atoms with Crippen LogP contribution >= 0.6 is 0 Å². The van der Waals surface area contributed by atoms with Crippen molar-refractivity contribution in [3.05, 3.63) is 41.2 Å². The van der Waals surface area contributed by atoms with Gasteiger partial charge in [-0.2, -0.15) is 0 Å². The van der Waals surface area contributed by atoms with Crippen molar-refractivity contribution >= 4 is 70.0 Å². The Hall–Kier alpha value is -2.29. The Morgan fingerprint density at radius 2 is 1.60 bits per heavy atom. The number of ether oxygens (including phenoxy) is 1. The Balaban J connectivity index is 2.28. The summed E-state index contributed by atoms with van der Waals surface area (Å²) in [6.45, 7) is 2.02. The van der Waals surface area contributed by atoms with E-state index >= 15 is 0 Å². The summed E-state index contributed by atoms with van der Waals surface area (Å²) in [5, 5.41) is 0.957. The number of methoxy groups -OCH3 is 1. The molecule has 0 N–H and O–H groups in total. The molecule has 0 aliphatic rings. The lowest BCUT2D eigenvalue weighted by molar-refractivity contribution is 0.103. The van der Waals surface area contributed by atoms with Crippen LogP contribution in [0.25, 0.3) is 11.0 Å². The molecule has 1 heterocycles. The lowest BCUT2D eigenvalue weighted by atomic mass is 9.65. The molecule has 3 nitrogen and oxygen atoms in total. The Labute approximate surface area is 151 Å². The lowest BCUT2D eigenvalue weighted by Crippen LogP contribution is -2.47. The van der Waals surface area contributed by atoms with E-state index in [-0.39, 0.29) is 5.78 Å². The van der Waals surface area contributed by atoms with E-state index in [1.54, 1.807) is 7.11 Å². The maximum absolute atomic E-state index is 13.3. The fraction of sp³-hybridized carbons (Fsp3) is 0.167. The summed E-state index contributed by atoms with van der Waals surface area (Å²) >= 11 is 0. The van der Waals surface area contributed by atoms with Gasteiger partial charge in [0.1, 0.15) is 48.5 Å². The van der Waals surface area contributed by atoms with Crippen molar-refractivity contribution in [3.63, 3.8) is 0 Å². The van der Waals surface area contributed by atoms with Gasteiger partial charge in [-0.05, 0) is 24.3 Å². The highest BCUT2D eigenvalue weighted by atomic mass is 16.5. The number of ketones is 1. The highest BCUT2D eigenvalue weighted by molar-refractivity contribution is 6.66. The van der Waals surface area contributed by atoms with Crippen LogP contribution in [0.5, 0.6) is 5.75 Å². The second-order valence-corrected chi connectivity index (χ2v) is 6.52. The van der Waals surface area contributed by atoms with Crippen LogP contribution in [-0.4, -0.2) is 44.3 Å². The minimum Gasteiger partial charge on any atom is -0.497 e. The number of hydrogen-bond donors (Lipinski definition) is 0. The van der Waals surface area contributed by atoms with Gasteiger partial charge in [-0.3, -0.25) is 4.79 Å². The summed E-state index contributed by atoms with van der Waals surface area (Å²) in [6.07, 6.45) is 0.683. The fourth-order valence-electron chi connectivity index (χ4n) is 3.40. The van der Waals surface area contributed by atoms with Crippen LogP contribution in [0.3, 0.4) is 0 Å². The highest BCUT2D eigenvalue weighted by Crippen LogP contribution is 2.26. The van der Waals surface area contributed by atoms with Crippen LogP contribution in [0, 0.1) is 0 Å². The van der Waals surface area contributed by atoms with E-state index in [4.69, 9.17) is 9.15 Å². The average molecular weight is 328 g/mol. The smallest absolute Gasteiger partial charge is 0.197 e. The van der Waals surface area contributed by atoms with Gasteiger partial charge < -0.3 is 9.15 Å². The Bertz CT molecular complexity index is 975. The maximum atomic E-state index is 13.3. The summed E-state index contributed by atoms with van der Waals surface area (Å²) in [6, 6.07) is 7.24. The van der Waals surface area contributed by atoms with Gasteiger partial charge in [-0.15, -0.1) is 5.46 Å². The van der Waals surface area contributed by atoms with Crippen molar-refractivity contribution in [2.45, 2.75) is 13.3 Å². The van der Waals surface area contributed by atoms with Crippen molar-refractivity contribution in [1.29, 1.82) is 0 Å². The first-order valence-electron chi connectivity index (χ1n) is 8.61. The second kappa shape index (κ2) is 6.55. The van der Waals surface area contributed by atoms with Crippen LogP contribution in [0.1, 0.15) is 28.6 Å². The molecule has 122 valence electrons. The molecule has 0 saturated carbocycles. The molecule has 7 heteroatoms. The first-order valence-corrected chi connectivity index (χ1v) is 8.61. The number of carbonyl (C=O) groups excluding carboxylic acids is 1. The van der Waals surface area contributed by atoms with Crippen LogP contribution in [-0.2, 0) is 6.42 Å². The van der Waals surface area contributed by atoms with Gasteiger partial charge >= 0.3 is 0 Å². The molecule has 0 aliphatic heterocycles. The molecule has 0 unspecified atom stereocenters. The summed E-state index contributed by atoms with van der Waals surface area (Å²) in [7, 11) is 9.97. The van der Waals surface area contributed by atoms with Crippen LogP contribution in [0.2, 0.25) is 0 Å². The van der Waals surface area contributed by atoms with Crippen LogP contribution in [0.4, 0.5) is 0 Å². The van der Waals surface area contributed by atoms with Crippen molar-refractivity contribution in [2.75, 3.05) is 7.11 Å². The van der Waals surface area contributed by atoms with E-state index in [0.717, 1.165) is 33.4 Å². The zero-order valence-electron chi connectivity index (χ0n) is 15.7. The van der Waals surface area contributed by atoms with Gasteiger partial charge in [-0.25, -0.2) is 0 Å². The maximum Gasteiger partial charge on any atom is 0.197 e. The molecule has 25 heavy (non-hydrogen) atoms. The summed E-state index contributed by atoms with van der Waals surface area (Å²) in [4.78, 5) is 13.3. The largest absolute Gasteiger partial charge is 0.497 e. The van der Waals surface area contributed by atoms with Gasteiger partial charge in [0, 0.05) is 17.4 Å². The minimum atomic E-state index is 0.00371. The molecule has 0 bridgehead atoms. The normalized spacial score (nSPS) is 11.0. The molecular weight excluding hydrogens is 307 g/mol. The van der Waals surface area contributed by atoms with E-state index in [1.165, 1.54) is 10.9 Å². The van der Waals surface area contributed by atoms with Crippen molar-refractivity contribution in [3.8, 4) is 5.75 Å². The summed E-state index contributed by atoms with van der Waals surface area (Å²) in [5.74, 6) is 1.50. The van der Waals surface area contributed by atoms with Gasteiger partial charge in [-0.1, -0.05) is 23.3 Å². The molecule has 3 aromatic rings. The minimum absolute atomic E-state index is 0.00371.